The van der Waals surface area contributed by atoms with Gasteiger partial charge in [-0.1, -0.05) is 57.0 Å². The summed E-state index contributed by atoms with van der Waals surface area (Å²) in [4.78, 5) is 61.0. The first-order chi connectivity index (χ1) is 39.7. The number of nitrogens with zero attached hydrogens (tertiary/aromatic N) is 6. The zero-order valence-electron chi connectivity index (χ0n) is 46.4. The van der Waals surface area contributed by atoms with Gasteiger partial charge in [0.2, 0.25) is 17.7 Å². The van der Waals surface area contributed by atoms with Crippen LogP contribution in [0.2, 0.25) is 0 Å². The average molecular weight is 1150 g/mol. The Bertz CT molecular complexity index is 3470. The fourth-order valence-corrected chi connectivity index (χ4v) is 11.9. The normalized spacial score (nSPS) is 20.7. The van der Waals surface area contributed by atoms with E-state index in [1.807, 2.05) is 0 Å². The number of terminal acetylenes is 1. The smallest absolute Gasteiger partial charge is 0.319 e. The Morgan fingerprint density at radius 3 is 2.31 bits per heavy atom. The molecular formula is C61H65F6N9O7. The van der Waals surface area contributed by atoms with Crippen LogP contribution in [0.3, 0.4) is 0 Å². The molecule has 7 atom stereocenters. The van der Waals surface area contributed by atoms with Crippen LogP contribution < -0.4 is 25.6 Å². The number of nitrogens with one attached hydrogen (secondary N) is 3. The molecule has 16 nitrogen and oxygen atoms in total. The molecule has 4 aliphatic heterocycles. The van der Waals surface area contributed by atoms with Crippen LogP contribution in [0.4, 0.5) is 32.2 Å². The number of aliphatic hydroxyl groups excluding tert-OH is 1. The summed E-state index contributed by atoms with van der Waals surface area (Å²) in [6.45, 7) is 10.1. The number of phenols is 1. The van der Waals surface area contributed by atoms with Gasteiger partial charge in [-0.05, 0) is 85.7 Å². The standard InChI is InChI=1S/C61H65F6N9O7/c1-6-41-44(62)17-14-35-23-39(77)24-42(49(35)41)54-53(67)55-43(27-68-54)57(75-28-36-15-16-37(29-75)70-36)73-60(72-55)83-31-38-9-7-19-74(38)20-8-21-82-22-18-48(79)71-56(61(3,4)5)59(81)76-30-40(78)25-47(76)58(80)69-32(2)33-10-12-34(13-11-33)50-51(65)45(63)26-46(64)52(50)66/h1,10-14,17,23-24,26-27,32,36-38,40,47,56,70,77-78H,7-9,15-16,18-22,25,28-31H2,2-5H3,(H,69,80)(H,71,79)/t32-,36?,37?,38-,40+,47-,56+/m0/s1. The molecule has 4 aromatic carbocycles. The number of ether oxygens (including phenoxy) is 2. The molecule has 4 saturated heterocycles. The van der Waals surface area contributed by atoms with Crippen molar-refractivity contribution in [3.05, 3.63) is 107 Å². The molecule has 0 spiro atoms. The molecule has 6 aromatic rings. The summed E-state index contributed by atoms with van der Waals surface area (Å²) in [5.74, 6) is -6.60. The Kier molecular flexibility index (Phi) is 17.2. The number of aromatic hydroxyl groups is 1. The fraction of sp³-hybridized carbons (Fsp3) is 0.443. The number of hydrogen-bond acceptors (Lipinski definition) is 13. The predicted molar refractivity (Wildman–Crippen MR) is 298 cm³/mol. The van der Waals surface area contributed by atoms with Gasteiger partial charge >= 0.3 is 6.01 Å². The van der Waals surface area contributed by atoms with Crippen molar-refractivity contribution >= 4 is 45.2 Å². The maximum Gasteiger partial charge on any atom is 0.319 e. The monoisotopic (exact) mass is 1150 g/mol. The third-order valence-corrected chi connectivity index (χ3v) is 16.2. The third-order valence-electron chi connectivity index (χ3n) is 16.2. The number of benzene rings is 4. The number of rotatable bonds is 18. The molecule has 6 heterocycles. The highest BCUT2D eigenvalue weighted by molar-refractivity contribution is 6.03. The summed E-state index contributed by atoms with van der Waals surface area (Å²) >= 11 is 0. The van der Waals surface area contributed by atoms with E-state index in [0.29, 0.717) is 54.8 Å². The molecular weight excluding hydrogens is 1080 g/mol. The Labute approximate surface area is 476 Å². The molecule has 438 valence electrons. The minimum absolute atomic E-state index is 0.0184. The number of anilines is 1. The zero-order valence-corrected chi connectivity index (χ0v) is 46.4. The van der Waals surface area contributed by atoms with Crippen molar-refractivity contribution in [3.63, 3.8) is 0 Å². The second-order valence-electron chi connectivity index (χ2n) is 23.0. The van der Waals surface area contributed by atoms with Crippen LogP contribution >= 0.6 is 0 Å². The van der Waals surface area contributed by atoms with Gasteiger partial charge in [-0.25, -0.2) is 26.3 Å². The van der Waals surface area contributed by atoms with Gasteiger partial charge in [-0.2, -0.15) is 9.97 Å². The SMILES string of the molecule is C#Cc1c(F)ccc2cc(O)cc(-c3ncc4c(N5CC6CCC(C5)N6)nc(OC[C@@H]5CCCN5CCCOCCC(=O)N[C@H](C(=O)N5C[C@H](O)C[C@H]5C(=O)N[C@@H](C)c5ccc(-c6c(F)c(F)cc(F)c6F)cc5)C(C)(C)C)nc4c3F)c12. The summed E-state index contributed by atoms with van der Waals surface area (Å²) in [5, 5.41) is 31.7. The van der Waals surface area contributed by atoms with E-state index in [-0.39, 0.29) is 102 Å². The zero-order chi connectivity index (χ0) is 59.0. The van der Waals surface area contributed by atoms with E-state index in [2.05, 4.69) is 41.6 Å². The van der Waals surface area contributed by atoms with Gasteiger partial charge in [0.1, 0.15) is 47.3 Å². The fourth-order valence-electron chi connectivity index (χ4n) is 11.9. The van der Waals surface area contributed by atoms with Crippen molar-refractivity contribution in [2.45, 2.75) is 115 Å². The first-order valence-corrected chi connectivity index (χ1v) is 27.9. The van der Waals surface area contributed by atoms with Gasteiger partial charge < -0.3 is 45.4 Å². The van der Waals surface area contributed by atoms with Crippen molar-refractivity contribution in [2.75, 3.05) is 57.4 Å². The summed E-state index contributed by atoms with van der Waals surface area (Å²) in [7, 11) is 0. The maximum absolute atomic E-state index is 17.1. The molecule has 3 amide bonds. The Morgan fingerprint density at radius 2 is 1.61 bits per heavy atom. The molecule has 0 saturated carbocycles. The lowest BCUT2D eigenvalue weighted by Gasteiger charge is -2.35. The van der Waals surface area contributed by atoms with E-state index < -0.39 is 87.8 Å². The predicted octanol–water partition coefficient (Wildman–Crippen LogP) is 7.98. The lowest BCUT2D eigenvalue weighted by molar-refractivity contribution is -0.144. The van der Waals surface area contributed by atoms with Crippen LogP contribution in [0.1, 0.15) is 89.8 Å². The molecule has 10 rings (SSSR count). The largest absolute Gasteiger partial charge is 0.508 e. The summed E-state index contributed by atoms with van der Waals surface area (Å²) < 4.78 is 101. The first-order valence-electron chi connectivity index (χ1n) is 27.9. The van der Waals surface area contributed by atoms with Crippen molar-refractivity contribution in [1.29, 1.82) is 0 Å². The molecule has 22 heteroatoms. The minimum atomic E-state index is -1.55. The highest BCUT2D eigenvalue weighted by atomic mass is 19.2. The summed E-state index contributed by atoms with van der Waals surface area (Å²) in [5.41, 5.74) is -1.55. The topological polar surface area (TPSA) is 195 Å². The van der Waals surface area contributed by atoms with Gasteiger partial charge in [-0.3, -0.25) is 24.3 Å². The van der Waals surface area contributed by atoms with E-state index >= 15 is 8.78 Å². The number of halogens is 6. The lowest BCUT2D eigenvalue weighted by atomic mass is 9.85. The Morgan fingerprint density at radius 1 is 0.892 bits per heavy atom. The number of fused-ring (bicyclic) bond motifs is 4. The van der Waals surface area contributed by atoms with Crippen molar-refractivity contribution in [3.8, 4) is 46.5 Å². The molecule has 2 unspecified atom stereocenters. The number of β-amino-alcohol motifs (C(OH)–C–C–N with tert-alkyl or cyclic N) is 1. The average Bonchev–Trinajstić information content (AvgIpc) is 3.83. The van der Waals surface area contributed by atoms with Gasteiger partial charge in [0.15, 0.2) is 29.1 Å². The molecule has 0 radical (unpaired) electrons. The second kappa shape index (κ2) is 24.3. The molecule has 83 heavy (non-hydrogen) atoms. The number of carbonyl (C=O) groups is 3. The lowest BCUT2D eigenvalue weighted by Crippen LogP contribution is -2.58. The van der Waals surface area contributed by atoms with E-state index in [0.717, 1.165) is 32.2 Å². The van der Waals surface area contributed by atoms with Crippen LogP contribution in [-0.2, 0) is 19.1 Å². The highest BCUT2D eigenvalue weighted by Crippen LogP contribution is 2.40. The Balaban J connectivity index is 0.731. The van der Waals surface area contributed by atoms with Crippen LogP contribution in [0, 0.1) is 52.7 Å². The van der Waals surface area contributed by atoms with Gasteiger partial charge in [-0.15, -0.1) is 6.42 Å². The summed E-state index contributed by atoms with van der Waals surface area (Å²) in [6.07, 6.45) is 10.4. The number of amides is 3. The minimum Gasteiger partial charge on any atom is -0.508 e. The van der Waals surface area contributed by atoms with Crippen molar-refractivity contribution < 1.29 is 60.4 Å². The number of carbonyl (C=O) groups excluding carboxylic acids is 3. The number of hydrogen-bond donors (Lipinski definition) is 5. The molecule has 2 bridgehead atoms. The molecule has 5 N–H and O–H groups in total. The number of piperazine rings is 1. The van der Waals surface area contributed by atoms with E-state index in [1.165, 1.54) is 59.6 Å². The summed E-state index contributed by atoms with van der Waals surface area (Å²) in [6, 6.07) is 8.44. The third kappa shape index (κ3) is 12.4. The van der Waals surface area contributed by atoms with E-state index in [9.17, 15) is 42.2 Å². The maximum atomic E-state index is 17.1. The Hall–Kier alpha value is -7.58. The van der Waals surface area contributed by atoms with E-state index in [1.54, 1.807) is 27.7 Å². The van der Waals surface area contributed by atoms with Crippen LogP contribution in [-0.4, -0.2) is 142 Å². The van der Waals surface area contributed by atoms with Crippen LogP contribution in [0.25, 0.3) is 44.1 Å². The van der Waals surface area contributed by atoms with Crippen molar-refractivity contribution in [2.24, 2.45) is 5.41 Å². The molecule has 4 fully saturated rings. The van der Waals surface area contributed by atoms with Gasteiger partial charge in [0.05, 0.1) is 35.3 Å². The van der Waals surface area contributed by atoms with Crippen LogP contribution in [0.15, 0.2) is 60.8 Å². The quantitative estimate of drug-likeness (QED) is 0.0241. The molecule has 2 aromatic heterocycles. The number of pyridine rings is 1. The molecule has 0 aliphatic carbocycles. The first kappa shape index (κ1) is 58.6. The van der Waals surface area contributed by atoms with Gasteiger partial charge in [0.25, 0.3) is 0 Å². The van der Waals surface area contributed by atoms with Crippen LogP contribution in [0.5, 0.6) is 11.8 Å². The number of phenolic OH excluding ortho intramolecular Hbond substituents is 1. The number of aliphatic hydroxyl groups is 1. The van der Waals surface area contributed by atoms with Gasteiger partial charge in [0, 0.05) is 87.0 Å². The second-order valence-corrected chi connectivity index (χ2v) is 23.0. The number of likely N-dealkylation sites (tertiary alicyclic amines) is 2. The van der Waals surface area contributed by atoms with E-state index in [4.69, 9.17) is 20.9 Å². The number of aromatic nitrogens is 3. The van der Waals surface area contributed by atoms with Crippen molar-refractivity contribution in [1.82, 2.24) is 40.7 Å². The highest BCUT2D eigenvalue weighted by Gasteiger charge is 2.45. The molecule has 4 aliphatic rings.